The highest BCUT2D eigenvalue weighted by Crippen LogP contribution is 2.30. The zero-order valence-electron chi connectivity index (χ0n) is 18.0. The van der Waals surface area contributed by atoms with Crippen LogP contribution in [0, 0.1) is 13.8 Å². The molecule has 2 aromatic heterocycles. The highest BCUT2D eigenvalue weighted by atomic mass is 32.1. The van der Waals surface area contributed by atoms with Crippen molar-refractivity contribution in [3.05, 3.63) is 93.3 Å². The van der Waals surface area contributed by atoms with E-state index in [0.29, 0.717) is 29.4 Å². The zero-order valence-corrected chi connectivity index (χ0v) is 18.8. The minimum absolute atomic E-state index is 0.232. The number of rotatable bonds is 8. The molecule has 4 rings (SSSR count). The van der Waals surface area contributed by atoms with E-state index < -0.39 is 0 Å². The highest BCUT2D eigenvalue weighted by Gasteiger charge is 2.21. The first-order chi connectivity index (χ1) is 15.6. The number of hydrogen-bond acceptors (Lipinski definition) is 7. The second-order valence-corrected chi connectivity index (χ2v) is 8.07. The summed E-state index contributed by atoms with van der Waals surface area (Å²) < 4.78 is 16.6. The van der Waals surface area contributed by atoms with Crippen molar-refractivity contribution in [2.24, 2.45) is 0 Å². The quantitative estimate of drug-likeness (QED) is 0.414. The lowest BCUT2D eigenvalue weighted by atomic mass is 10.1. The number of aryl methyl sites for hydroxylation is 2. The fourth-order valence-corrected chi connectivity index (χ4v) is 4.02. The van der Waals surface area contributed by atoms with Gasteiger partial charge in [-0.15, -0.1) is 11.3 Å². The molecule has 4 aromatic rings. The van der Waals surface area contributed by atoms with Gasteiger partial charge in [-0.1, -0.05) is 35.5 Å². The summed E-state index contributed by atoms with van der Waals surface area (Å²) in [6, 6.07) is 14.5. The lowest BCUT2D eigenvalue weighted by molar-refractivity contribution is 0.0942. The Morgan fingerprint density at radius 1 is 1.16 bits per heavy atom. The van der Waals surface area contributed by atoms with Crippen LogP contribution in [-0.2, 0) is 6.61 Å². The smallest absolute Gasteiger partial charge is 0.252 e. The molecule has 0 bridgehead atoms. The lowest BCUT2D eigenvalue weighted by Gasteiger charge is -2.18. The summed E-state index contributed by atoms with van der Waals surface area (Å²) in [6.07, 6.45) is 1.73. The topological polar surface area (TPSA) is 86.5 Å². The van der Waals surface area contributed by atoms with Gasteiger partial charge in [0.15, 0.2) is 11.5 Å². The van der Waals surface area contributed by atoms with E-state index in [-0.39, 0.29) is 11.9 Å². The molecule has 2 aromatic carbocycles. The van der Waals surface area contributed by atoms with E-state index in [2.05, 4.69) is 15.5 Å². The predicted molar refractivity (Wildman–Crippen MR) is 121 cm³/mol. The third kappa shape index (κ3) is 4.65. The Labute approximate surface area is 190 Å². The van der Waals surface area contributed by atoms with Crippen molar-refractivity contribution in [3.63, 3.8) is 0 Å². The Hall–Kier alpha value is -3.65. The van der Waals surface area contributed by atoms with Gasteiger partial charge in [0.05, 0.1) is 18.4 Å². The first-order valence-electron chi connectivity index (χ1n) is 10.0. The fraction of sp³-hybridized carbons (Fsp3) is 0.208. The summed E-state index contributed by atoms with van der Waals surface area (Å²) >= 11 is 1.50. The second kappa shape index (κ2) is 9.65. The molecule has 0 aliphatic carbocycles. The predicted octanol–water partition coefficient (Wildman–Crippen LogP) is 4.85. The number of ether oxygens (including phenoxy) is 2. The van der Waals surface area contributed by atoms with Gasteiger partial charge in [-0.25, -0.2) is 4.98 Å². The number of aromatic nitrogens is 2. The molecule has 8 heteroatoms. The molecule has 0 spiro atoms. The number of amides is 1. The monoisotopic (exact) mass is 449 g/mol. The molecule has 164 valence electrons. The van der Waals surface area contributed by atoms with Crippen molar-refractivity contribution in [3.8, 4) is 11.5 Å². The first-order valence-corrected chi connectivity index (χ1v) is 10.9. The Bertz CT molecular complexity index is 1170. The Balaban J connectivity index is 1.53. The number of hydrogen-bond donors (Lipinski definition) is 1. The van der Waals surface area contributed by atoms with Crippen molar-refractivity contribution >= 4 is 17.2 Å². The first kappa shape index (κ1) is 21.6. The van der Waals surface area contributed by atoms with Gasteiger partial charge in [-0.2, -0.15) is 0 Å². The Morgan fingerprint density at radius 3 is 2.62 bits per heavy atom. The summed E-state index contributed by atoms with van der Waals surface area (Å²) in [7, 11) is 1.54. The number of nitrogens with zero attached hydrogens (tertiary/aromatic N) is 2. The van der Waals surface area contributed by atoms with Gasteiger partial charge < -0.3 is 19.3 Å². The van der Waals surface area contributed by atoms with Crippen LogP contribution < -0.4 is 14.8 Å². The van der Waals surface area contributed by atoms with Crippen LogP contribution in [0.15, 0.2) is 64.6 Å². The van der Waals surface area contributed by atoms with E-state index in [1.165, 1.54) is 11.3 Å². The molecule has 0 aliphatic rings. The molecule has 0 aliphatic heterocycles. The van der Waals surface area contributed by atoms with E-state index in [4.69, 9.17) is 14.0 Å². The average Bonchev–Trinajstić information content (AvgIpc) is 3.46. The standard InChI is InChI=1S/C24H23N3O4S/c1-15-19(16(2)31-27-15)14-30-20-10-9-18(13-21(20)29-3)23(28)26-22(24-25-11-12-32-24)17-7-5-4-6-8-17/h4-13,22H,14H2,1-3H3,(H,26,28). The van der Waals surface area contributed by atoms with Crippen molar-refractivity contribution in [2.75, 3.05) is 7.11 Å². The van der Waals surface area contributed by atoms with E-state index in [1.807, 2.05) is 49.6 Å². The van der Waals surface area contributed by atoms with Crippen LogP contribution in [0.1, 0.15) is 44.0 Å². The lowest BCUT2D eigenvalue weighted by Crippen LogP contribution is -2.29. The summed E-state index contributed by atoms with van der Waals surface area (Å²) in [5.41, 5.74) is 3.10. The van der Waals surface area contributed by atoms with Crippen LogP contribution in [0.4, 0.5) is 0 Å². The van der Waals surface area contributed by atoms with Gasteiger partial charge in [0.25, 0.3) is 5.91 Å². The zero-order chi connectivity index (χ0) is 22.5. The molecule has 1 unspecified atom stereocenters. The van der Waals surface area contributed by atoms with Crippen LogP contribution in [0.5, 0.6) is 11.5 Å². The van der Waals surface area contributed by atoms with Gasteiger partial charge in [0, 0.05) is 17.1 Å². The summed E-state index contributed by atoms with van der Waals surface area (Å²) in [6.45, 7) is 4.00. The molecule has 32 heavy (non-hydrogen) atoms. The number of methoxy groups -OCH3 is 1. The second-order valence-electron chi connectivity index (χ2n) is 7.14. The Morgan fingerprint density at radius 2 is 1.97 bits per heavy atom. The van der Waals surface area contributed by atoms with E-state index in [9.17, 15) is 4.79 Å². The van der Waals surface area contributed by atoms with Gasteiger partial charge in [-0.3, -0.25) is 4.79 Å². The fourth-order valence-electron chi connectivity index (χ4n) is 3.31. The van der Waals surface area contributed by atoms with E-state index >= 15 is 0 Å². The van der Waals surface area contributed by atoms with Gasteiger partial charge >= 0.3 is 0 Å². The number of nitrogens with one attached hydrogen (secondary N) is 1. The van der Waals surface area contributed by atoms with E-state index in [0.717, 1.165) is 21.8 Å². The molecular formula is C24H23N3O4S. The molecular weight excluding hydrogens is 426 g/mol. The SMILES string of the molecule is COc1cc(C(=O)NC(c2ccccc2)c2nccs2)ccc1OCc1c(C)noc1C. The van der Waals surface area contributed by atoms with Crippen molar-refractivity contribution < 1.29 is 18.8 Å². The number of benzene rings is 2. The van der Waals surface area contributed by atoms with Crippen molar-refractivity contribution in [2.45, 2.75) is 26.5 Å². The van der Waals surface area contributed by atoms with Crippen LogP contribution in [0.3, 0.4) is 0 Å². The van der Waals surface area contributed by atoms with Gasteiger partial charge in [0.2, 0.25) is 0 Å². The number of carbonyl (C=O) groups is 1. The van der Waals surface area contributed by atoms with Gasteiger partial charge in [-0.05, 0) is 37.6 Å². The third-order valence-electron chi connectivity index (χ3n) is 5.09. The summed E-state index contributed by atoms with van der Waals surface area (Å²) in [5, 5.41) is 9.73. The minimum Gasteiger partial charge on any atom is -0.493 e. The molecule has 0 radical (unpaired) electrons. The maximum atomic E-state index is 13.1. The van der Waals surface area contributed by atoms with Crippen LogP contribution >= 0.6 is 11.3 Å². The Kier molecular flexibility index (Phi) is 6.51. The van der Waals surface area contributed by atoms with E-state index in [1.54, 1.807) is 31.5 Å². The highest BCUT2D eigenvalue weighted by molar-refractivity contribution is 7.09. The molecule has 1 amide bonds. The number of thiazole rings is 1. The molecule has 2 heterocycles. The average molecular weight is 450 g/mol. The third-order valence-corrected chi connectivity index (χ3v) is 5.93. The molecule has 1 atom stereocenters. The van der Waals surface area contributed by atoms with Crippen LogP contribution in [0.25, 0.3) is 0 Å². The number of carbonyl (C=O) groups excluding carboxylic acids is 1. The maximum Gasteiger partial charge on any atom is 0.252 e. The molecule has 1 N–H and O–H groups in total. The molecule has 0 saturated carbocycles. The summed E-state index contributed by atoms with van der Waals surface area (Å²) in [4.78, 5) is 17.5. The van der Waals surface area contributed by atoms with Gasteiger partial charge in [0.1, 0.15) is 23.4 Å². The van der Waals surface area contributed by atoms with Crippen molar-refractivity contribution in [1.82, 2.24) is 15.5 Å². The van der Waals surface area contributed by atoms with Crippen LogP contribution in [-0.4, -0.2) is 23.2 Å². The molecule has 0 saturated heterocycles. The van der Waals surface area contributed by atoms with Crippen molar-refractivity contribution in [1.29, 1.82) is 0 Å². The maximum absolute atomic E-state index is 13.1. The summed E-state index contributed by atoms with van der Waals surface area (Å²) in [5.74, 6) is 1.48. The molecule has 7 nitrogen and oxygen atoms in total. The molecule has 0 fully saturated rings. The van der Waals surface area contributed by atoms with Crippen LogP contribution in [0.2, 0.25) is 0 Å². The minimum atomic E-state index is -0.342. The normalized spacial score (nSPS) is 11.7. The largest absolute Gasteiger partial charge is 0.493 e.